The maximum absolute atomic E-state index is 10.7. The molecule has 1 N–H and O–H groups in total. The number of benzene rings is 1. The summed E-state index contributed by atoms with van der Waals surface area (Å²) in [6, 6.07) is 5.02. The molecule has 6 heteroatoms. The lowest BCUT2D eigenvalue weighted by molar-refractivity contribution is -0.385. The number of non-ortho nitro benzene ring substituents is 1. The van der Waals surface area contributed by atoms with Crippen molar-refractivity contribution in [1.29, 1.82) is 0 Å². The lowest BCUT2D eigenvalue weighted by atomic mass is 10.2. The molecule has 0 heterocycles. The second-order valence-corrected chi connectivity index (χ2v) is 6.09. The molecule has 0 saturated carbocycles. The van der Waals surface area contributed by atoms with E-state index in [1.165, 1.54) is 6.07 Å². The number of hydrogen-bond donors (Lipinski definition) is 1. The predicted molar refractivity (Wildman–Crippen MR) is 80.0 cm³/mol. The third-order valence-electron chi connectivity index (χ3n) is 2.43. The summed E-state index contributed by atoms with van der Waals surface area (Å²) < 4.78 is 0.741. The Balaban J connectivity index is 2.54. The molecule has 0 aliphatic rings. The third kappa shape index (κ3) is 5.37. The third-order valence-corrected chi connectivity index (χ3v) is 3.79. The van der Waals surface area contributed by atoms with Gasteiger partial charge in [-0.05, 0) is 36.1 Å². The lowest BCUT2D eigenvalue weighted by Gasteiger charge is -2.11. The predicted octanol–water partition coefficient (Wildman–Crippen LogP) is 3.45. The van der Waals surface area contributed by atoms with Crippen LogP contribution in [0.4, 0.5) is 5.69 Å². The molecular formula is C12H17BrN2O2S. The number of nitrogens with zero attached hydrogens (tertiary/aromatic N) is 1. The molecule has 1 atom stereocenters. The lowest BCUT2D eigenvalue weighted by Crippen LogP contribution is -2.22. The maximum atomic E-state index is 10.7. The molecule has 0 saturated heterocycles. The maximum Gasteiger partial charge on any atom is 0.270 e. The van der Waals surface area contributed by atoms with Crippen molar-refractivity contribution in [2.75, 3.05) is 18.6 Å². The summed E-state index contributed by atoms with van der Waals surface area (Å²) in [6.45, 7) is 3.76. The minimum Gasteiger partial charge on any atom is -0.312 e. The normalized spacial score (nSPS) is 12.4. The highest BCUT2D eigenvalue weighted by Gasteiger charge is 2.08. The van der Waals surface area contributed by atoms with Gasteiger partial charge >= 0.3 is 0 Å². The van der Waals surface area contributed by atoms with Crippen molar-refractivity contribution in [3.63, 3.8) is 0 Å². The molecule has 0 radical (unpaired) electrons. The molecule has 0 aliphatic carbocycles. The Hall–Kier alpha value is -0.590. The standard InChI is InChI=1S/C12H17BrN2O2S/c1-9(8-18-2)6-14-7-10-3-11(13)5-12(4-10)15(16)17/h3-5,9,14H,6-8H2,1-2H3. The Morgan fingerprint density at radius 1 is 1.50 bits per heavy atom. The van der Waals surface area contributed by atoms with Crippen molar-refractivity contribution >= 4 is 33.4 Å². The summed E-state index contributed by atoms with van der Waals surface area (Å²) in [5.41, 5.74) is 1.05. The molecule has 18 heavy (non-hydrogen) atoms. The molecule has 1 aromatic rings. The molecule has 1 aromatic carbocycles. The number of thioether (sulfide) groups is 1. The van der Waals surface area contributed by atoms with Crippen molar-refractivity contribution in [2.24, 2.45) is 5.92 Å². The van der Waals surface area contributed by atoms with E-state index in [2.05, 4.69) is 34.4 Å². The van der Waals surface area contributed by atoms with Gasteiger partial charge in [0.25, 0.3) is 5.69 Å². The van der Waals surface area contributed by atoms with Crippen molar-refractivity contribution in [3.05, 3.63) is 38.3 Å². The number of nitrogens with one attached hydrogen (secondary N) is 1. The fourth-order valence-corrected chi connectivity index (χ4v) is 2.86. The summed E-state index contributed by atoms with van der Waals surface area (Å²) in [6.07, 6.45) is 2.09. The smallest absolute Gasteiger partial charge is 0.270 e. The molecule has 0 spiro atoms. The van der Waals surface area contributed by atoms with Crippen LogP contribution in [0.2, 0.25) is 0 Å². The van der Waals surface area contributed by atoms with Crippen molar-refractivity contribution in [1.82, 2.24) is 5.32 Å². The van der Waals surface area contributed by atoms with Gasteiger partial charge in [-0.3, -0.25) is 10.1 Å². The Kier molecular flexibility index (Phi) is 6.67. The zero-order chi connectivity index (χ0) is 13.5. The first-order chi connectivity index (χ1) is 8.52. The minimum atomic E-state index is -0.370. The monoisotopic (exact) mass is 332 g/mol. The molecule has 0 fully saturated rings. The van der Waals surface area contributed by atoms with Gasteiger partial charge in [-0.1, -0.05) is 22.9 Å². The van der Waals surface area contributed by atoms with E-state index >= 15 is 0 Å². The van der Waals surface area contributed by atoms with Gasteiger partial charge in [0.2, 0.25) is 0 Å². The van der Waals surface area contributed by atoms with Crippen LogP contribution in [0.15, 0.2) is 22.7 Å². The van der Waals surface area contributed by atoms with Gasteiger partial charge in [-0.15, -0.1) is 0 Å². The van der Waals surface area contributed by atoms with Crippen molar-refractivity contribution in [3.8, 4) is 0 Å². The van der Waals surface area contributed by atoms with Crippen LogP contribution in [-0.2, 0) is 6.54 Å². The quantitative estimate of drug-likeness (QED) is 0.613. The molecular weight excluding hydrogens is 316 g/mol. The average Bonchev–Trinajstić information content (AvgIpc) is 2.28. The van der Waals surface area contributed by atoms with E-state index in [-0.39, 0.29) is 10.6 Å². The molecule has 0 aliphatic heterocycles. The van der Waals surface area contributed by atoms with E-state index in [4.69, 9.17) is 0 Å². The van der Waals surface area contributed by atoms with E-state index in [1.54, 1.807) is 6.07 Å². The van der Waals surface area contributed by atoms with E-state index in [0.29, 0.717) is 12.5 Å². The molecule has 0 aromatic heterocycles. The van der Waals surface area contributed by atoms with Crippen molar-refractivity contribution < 1.29 is 4.92 Å². The van der Waals surface area contributed by atoms with Crippen molar-refractivity contribution in [2.45, 2.75) is 13.5 Å². The first-order valence-electron chi connectivity index (χ1n) is 5.66. The van der Waals surface area contributed by atoms with E-state index in [1.807, 2.05) is 17.8 Å². The Labute approximate surface area is 120 Å². The fraction of sp³-hybridized carbons (Fsp3) is 0.500. The highest BCUT2D eigenvalue weighted by atomic mass is 79.9. The van der Waals surface area contributed by atoms with E-state index in [0.717, 1.165) is 22.3 Å². The zero-order valence-corrected chi connectivity index (χ0v) is 12.9. The second kappa shape index (κ2) is 7.76. The van der Waals surface area contributed by atoms with Gasteiger partial charge < -0.3 is 5.32 Å². The molecule has 0 bridgehead atoms. The highest BCUT2D eigenvalue weighted by molar-refractivity contribution is 9.10. The van der Waals surface area contributed by atoms with Gasteiger partial charge in [0.1, 0.15) is 0 Å². The Morgan fingerprint density at radius 3 is 2.83 bits per heavy atom. The van der Waals surface area contributed by atoms with Crippen LogP contribution in [0.5, 0.6) is 0 Å². The molecule has 4 nitrogen and oxygen atoms in total. The van der Waals surface area contributed by atoms with Crippen LogP contribution < -0.4 is 5.32 Å². The molecule has 100 valence electrons. The van der Waals surface area contributed by atoms with Crippen LogP contribution in [-0.4, -0.2) is 23.5 Å². The summed E-state index contributed by atoms with van der Waals surface area (Å²) in [5.74, 6) is 1.72. The highest BCUT2D eigenvalue weighted by Crippen LogP contribution is 2.21. The number of nitro groups is 1. The van der Waals surface area contributed by atoms with Crippen LogP contribution in [0.3, 0.4) is 0 Å². The Bertz CT molecular complexity index is 415. The zero-order valence-electron chi connectivity index (χ0n) is 10.5. The summed E-state index contributed by atoms with van der Waals surface area (Å²) in [4.78, 5) is 10.4. The van der Waals surface area contributed by atoms with E-state index in [9.17, 15) is 10.1 Å². The summed E-state index contributed by atoms with van der Waals surface area (Å²) in [7, 11) is 0. The topological polar surface area (TPSA) is 55.2 Å². The van der Waals surface area contributed by atoms with Crippen LogP contribution >= 0.6 is 27.7 Å². The Morgan fingerprint density at radius 2 is 2.22 bits per heavy atom. The van der Waals surface area contributed by atoms with Crippen LogP contribution in [0.25, 0.3) is 0 Å². The fourth-order valence-electron chi connectivity index (χ4n) is 1.65. The first-order valence-corrected chi connectivity index (χ1v) is 7.85. The second-order valence-electron chi connectivity index (χ2n) is 4.27. The summed E-state index contributed by atoms with van der Waals surface area (Å²) in [5, 5.41) is 14.1. The van der Waals surface area contributed by atoms with E-state index < -0.39 is 0 Å². The molecule has 0 amide bonds. The largest absolute Gasteiger partial charge is 0.312 e. The number of halogens is 1. The van der Waals surface area contributed by atoms with Gasteiger partial charge in [0.15, 0.2) is 0 Å². The molecule has 1 unspecified atom stereocenters. The van der Waals surface area contributed by atoms with Gasteiger partial charge in [0, 0.05) is 23.2 Å². The van der Waals surface area contributed by atoms with Gasteiger partial charge in [0.05, 0.1) is 4.92 Å². The minimum absolute atomic E-state index is 0.123. The first kappa shape index (κ1) is 15.5. The molecule has 1 rings (SSSR count). The summed E-state index contributed by atoms with van der Waals surface area (Å²) >= 11 is 5.12. The SMILES string of the molecule is CSCC(C)CNCc1cc(Br)cc([N+](=O)[O-])c1. The average molecular weight is 333 g/mol. The number of hydrogen-bond acceptors (Lipinski definition) is 4. The van der Waals surface area contributed by atoms with Crippen LogP contribution in [0.1, 0.15) is 12.5 Å². The van der Waals surface area contributed by atoms with Crippen LogP contribution in [0, 0.1) is 16.0 Å². The number of nitro benzene ring substituents is 1. The van der Waals surface area contributed by atoms with Gasteiger partial charge in [-0.25, -0.2) is 0 Å². The van der Waals surface area contributed by atoms with Gasteiger partial charge in [-0.2, -0.15) is 11.8 Å². The number of rotatable bonds is 7.